The van der Waals surface area contributed by atoms with Crippen molar-refractivity contribution in [2.45, 2.75) is 13.3 Å². The Morgan fingerprint density at radius 2 is 2.06 bits per heavy atom. The minimum atomic E-state index is -0.0792. The van der Waals surface area contributed by atoms with Gasteiger partial charge in [0.05, 0.1) is 6.42 Å². The predicted molar refractivity (Wildman–Crippen MR) is 58.2 cm³/mol. The number of fused-ring (bicyclic) bond motifs is 1. The summed E-state index contributed by atoms with van der Waals surface area (Å²) in [5.74, 6) is 1.37. The first-order valence-corrected chi connectivity index (χ1v) is 5.05. The van der Waals surface area contributed by atoms with Crippen LogP contribution in [0.15, 0.2) is 12.1 Å². The minimum Gasteiger partial charge on any atom is -0.454 e. The van der Waals surface area contributed by atoms with Gasteiger partial charge >= 0.3 is 0 Å². The number of hydrogen-bond donors (Lipinski definition) is 2. The van der Waals surface area contributed by atoms with Crippen LogP contribution in [-0.4, -0.2) is 19.7 Å². The third-order valence-corrected chi connectivity index (χ3v) is 2.45. The third kappa shape index (κ3) is 2.09. The summed E-state index contributed by atoms with van der Waals surface area (Å²) in [6.45, 7) is 2.20. The van der Waals surface area contributed by atoms with Crippen LogP contribution in [0.4, 0.5) is 0 Å². The molecule has 1 aliphatic rings. The summed E-state index contributed by atoms with van der Waals surface area (Å²) in [5.41, 5.74) is 7.10. The molecule has 86 valence electrons. The largest absolute Gasteiger partial charge is 0.454 e. The Morgan fingerprint density at radius 3 is 2.75 bits per heavy atom. The Hall–Kier alpha value is -1.75. The molecule has 0 bridgehead atoms. The molecular weight excluding hydrogens is 208 g/mol. The maximum Gasteiger partial charge on any atom is 0.238 e. The number of ether oxygens (including phenoxy) is 2. The van der Waals surface area contributed by atoms with E-state index in [0.717, 1.165) is 16.9 Å². The van der Waals surface area contributed by atoms with Gasteiger partial charge in [-0.2, -0.15) is 0 Å². The van der Waals surface area contributed by atoms with E-state index in [-0.39, 0.29) is 12.7 Å². The van der Waals surface area contributed by atoms with Crippen LogP contribution in [0.5, 0.6) is 11.5 Å². The summed E-state index contributed by atoms with van der Waals surface area (Å²) in [6.07, 6.45) is 0.323. The molecule has 1 heterocycles. The molecule has 0 spiro atoms. The zero-order chi connectivity index (χ0) is 11.5. The van der Waals surface area contributed by atoms with Crippen molar-refractivity contribution in [1.82, 2.24) is 10.9 Å². The fourth-order valence-electron chi connectivity index (χ4n) is 1.63. The molecule has 0 radical (unpaired) electrons. The molecule has 16 heavy (non-hydrogen) atoms. The molecule has 0 atom stereocenters. The summed E-state index contributed by atoms with van der Waals surface area (Å²) in [7, 11) is 1.66. The van der Waals surface area contributed by atoms with Gasteiger partial charge in [0.1, 0.15) is 0 Å². The lowest BCUT2D eigenvalue weighted by Gasteiger charge is -2.07. The molecule has 0 fully saturated rings. The lowest BCUT2D eigenvalue weighted by atomic mass is 10.0. The fourth-order valence-corrected chi connectivity index (χ4v) is 1.63. The molecule has 0 aromatic heterocycles. The van der Waals surface area contributed by atoms with Crippen LogP contribution >= 0.6 is 0 Å². The summed E-state index contributed by atoms with van der Waals surface area (Å²) in [5, 5.41) is 0. The Labute approximate surface area is 93.7 Å². The highest BCUT2D eigenvalue weighted by Crippen LogP contribution is 2.34. The predicted octanol–water partition coefficient (Wildman–Crippen LogP) is 0.517. The molecule has 1 aliphatic heterocycles. The zero-order valence-corrected chi connectivity index (χ0v) is 9.29. The van der Waals surface area contributed by atoms with Gasteiger partial charge in [0.25, 0.3) is 0 Å². The van der Waals surface area contributed by atoms with Crippen molar-refractivity contribution in [2.75, 3.05) is 13.8 Å². The van der Waals surface area contributed by atoms with Gasteiger partial charge in [0.2, 0.25) is 12.7 Å². The smallest absolute Gasteiger partial charge is 0.238 e. The highest BCUT2D eigenvalue weighted by molar-refractivity contribution is 5.78. The third-order valence-electron chi connectivity index (χ3n) is 2.45. The van der Waals surface area contributed by atoms with Crippen molar-refractivity contribution in [3.8, 4) is 11.5 Å². The molecule has 5 nitrogen and oxygen atoms in total. The number of hydrogen-bond acceptors (Lipinski definition) is 4. The second-order valence-corrected chi connectivity index (χ2v) is 3.61. The molecule has 0 saturated heterocycles. The Morgan fingerprint density at radius 1 is 1.38 bits per heavy atom. The van der Waals surface area contributed by atoms with Crippen LogP contribution < -0.4 is 20.3 Å². The standard InChI is InChI=1S/C11H14N2O3/c1-7-3-9-10(16-6-15-9)4-8(7)5-11(14)13-12-2/h3-4,12H,5-6H2,1-2H3,(H,13,14). The summed E-state index contributed by atoms with van der Waals surface area (Å²) in [6, 6.07) is 3.75. The lowest BCUT2D eigenvalue weighted by Crippen LogP contribution is -2.35. The van der Waals surface area contributed by atoms with E-state index < -0.39 is 0 Å². The topological polar surface area (TPSA) is 59.6 Å². The number of benzene rings is 1. The molecule has 1 amide bonds. The van der Waals surface area contributed by atoms with Crippen molar-refractivity contribution in [3.63, 3.8) is 0 Å². The number of hydrazine groups is 1. The zero-order valence-electron chi connectivity index (χ0n) is 9.29. The monoisotopic (exact) mass is 222 g/mol. The van der Waals surface area contributed by atoms with Crippen LogP contribution in [0.1, 0.15) is 11.1 Å². The van der Waals surface area contributed by atoms with Gasteiger partial charge in [-0.05, 0) is 30.2 Å². The van der Waals surface area contributed by atoms with E-state index in [9.17, 15) is 4.79 Å². The quantitative estimate of drug-likeness (QED) is 0.732. The highest BCUT2D eigenvalue weighted by Gasteiger charge is 2.16. The van der Waals surface area contributed by atoms with E-state index in [1.54, 1.807) is 7.05 Å². The van der Waals surface area contributed by atoms with Crippen LogP contribution in [0.25, 0.3) is 0 Å². The molecule has 0 unspecified atom stereocenters. The van der Waals surface area contributed by atoms with Gasteiger partial charge in [0, 0.05) is 7.05 Å². The van der Waals surface area contributed by atoms with Gasteiger partial charge in [-0.1, -0.05) is 0 Å². The van der Waals surface area contributed by atoms with Crippen LogP contribution in [0.3, 0.4) is 0 Å². The number of aryl methyl sites for hydroxylation is 1. The number of carbonyl (C=O) groups is 1. The first kappa shape index (κ1) is 10.8. The van der Waals surface area contributed by atoms with E-state index >= 15 is 0 Å². The van der Waals surface area contributed by atoms with Crippen molar-refractivity contribution < 1.29 is 14.3 Å². The van der Waals surface area contributed by atoms with Gasteiger partial charge in [-0.25, -0.2) is 5.43 Å². The second kappa shape index (κ2) is 4.40. The van der Waals surface area contributed by atoms with E-state index in [2.05, 4.69) is 10.9 Å². The average Bonchev–Trinajstić information content (AvgIpc) is 2.65. The molecule has 2 N–H and O–H groups in total. The van der Waals surface area contributed by atoms with Gasteiger partial charge in [-0.3, -0.25) is 10.2 Å². The van der Waals surface area contributed by atoms with Crippen LogP contribution in [0, 0.1) is 6.92 Å². The van der Waals surface area contributed by atoms with Crippen molar-refractivity contribution >= 4 is 5.91 Å². The van der Waals surface area contributed by atoms with Gasteiger partial charge < -0.3 is 9.47 Å². The normalized spacial score (nSPS) is 12.6. The Balaban J connectivity index is 2.18. The molecule has 0 aliphatic carbocycles. The van der Waals surface area contributed by atoms with E-state index in [1.807, 2.05) is 19.1 Å². The summed E-state index contributed by atoms with van der Waals surface area (Å²) < 4.78 is 10.5. The molecule has 1 aromatic rings. The number of carbonyl (C=O) groups excluding carboxylic acids is 1. The Bertz CT molecular complexity index is 418. The van der Waals surface area contributed by atoms with E-state index in [4.69, 9.17) is 9.47 Å². The van der Waals surface area contributed by atoms with Crippen molar-refractivity contribution in [3.05, 3.63) is 23.3 Å². The first-order chi connectivity index (χ1) is 7.70. The van der Waals surface area contributed by atoms with Gasteiger partial charge in [0.15, 0.2) is 11.5 Å². The average molecular weight is 222 g/mol. The second-order valence-electron chi connectivity index (χ2n) is 3.61. The first-order valence-electron chi connectivity index (χ1n) is 5.05. The Kier molecular flexibility index (Phi) is 2.96. The minimum absolute atomic E-state index is 0.0792. The summed E-state index contributed by atoms with van der Waals surface area (Å²) >= 11 is 0. The maximum absolute atomic E-state index is 11.4. The molecule has 1 aromatic carbocycles. The molecular formula is C11H14N2O3. The maximum atomic E-state index is 11.4. The lowest BCUT2D eigenvalue weighted by molar-refractivity contribution is -0.121. The fraction of sp³-hybridized carbons (Fsp3) is 0.364. The van der Waals surface area contributed by atoms with Crippen molar-refractivity contribution in [1.29, 1.82) is 0 Å². The highest BCUT2D eigenvalue weighted by atomic mass is 16.7. The number of amides is 1. The van der Waals surface area contributed by atoms with Crippen LogP contribution in [-0.2, 0) is 11.2 Å². The van der Waals surface area contributed by atoms with Crippen molar-refractivity contribution in [2.24, 2.45) is 0 Å². The van der Waals surface area contributed by atoms with E-state index in [0.29, 0.717) is 12.2 Å². The molecule has 5 heteroatoms. The van der Waals surface area contributed by atoms with Crippen LogP contribution in [0.2, 0.25) is 0 Å². The van der Waals surface area contributed by atoms with Gasteiger partial charge in [-0.15, -0.1) is 0 Å². The summed E-state index contributed by atoms with van der Waals surface area (Å²) in [4.78, 5) is 11.4. The number of rotatable bonds is 3. The van der Waals surface area contributed by atoms with E-state index in [1.165, 1.54) is 0 Å². The molecule has 0 saturated carbocycles. The molecule has 2 rings (SSSR count). The SMILES string of the molecule is CNNC(=O)Cc1cc2c(cc1C)OCO2. The number of nitrogens with one attached hydrogen (secondary N) is 2.